The number of rotatable bonds is 7. The summed E-state index contributed by atoms with van der Waals surface area (Å²) < 4.78 is 34.5. The van der Waals surface area contributed by atoms with Gasteiger partial charge in [-0.05, 0) is 12.1 Å². The number of hydrogen-bond acceptors (Lipinski definition) is 4. The molecule has 0 fully saturated rings. The largest absolute Gasteiger partial charge is 0.481 e. The second-order valence-electron chi connectivity index (χ2n) is 4.94. The molecule has 26 heavy (non-hydrogen) atoms. The van der Waals surface area contributed by atoms with Crippen LogP contribution in [0.5, 0.6) is 11.6 Å². The van der Waals surface area contributed by atoms with Gasteiger partial charge in [-0.2, -0.15) is 8.78 Å². The van der Waals surface area contributed by atoms with Crippen molar-refractivity contribution >= 4 is 29.9 Å². The van der Waals surface area contributed by atoms with Crippen molar-refractivity contribution in [2.24, 2.45) is 4.99 Å². The molecule has 0 saturated heterocycles. The number of para-hydroxylation sites is 1. The summed E-state index contributed by atoms with van der Waals surface area (Å²) in [6.45, 7) is -2.14. The third kappa shape index (κ3) is 6.98. The molecule has 0 aliphatic heterocycles. The Bertz CT molecular complexity index is 717. The van der Waals surface area contributed by atoms with Gasteiger partial charge in [0, 0.05) is 25.2 Å². The lowest BCUT2D eigenvalue weighted by Gasteiger charge is -2.14. The highest BCUT2D eigenvalue weighted by atomic mass is 127. The molecule has 2 N–H and O–H groups in total. The Morgan fingerprint density at radius 2 is 1.85 bits per heavy atom. The second-order valence-corrected chi connectivity index (χ2v) is 4.94. The van der Waals surface area contributed by atoms with E-state index < -0.39 is 6.61 Å². The molecule has 0 atom stereocenters. The van der Waals surface area contributed by atoms with Crippen molar-refractivity contribution in [2.45, 2.75) is 19.7 Å². The van der Waals surface area contributed by atoms with Crippen molar-refractivity contribution < 1.29 is 18.3 Å². The van der Waals surface area contributed by atoms with Crippen LogP contribution in [0.4, 0.5) is 8.78 Å². The maximum absolute atomic E-state index is 12.4. The van der Waals surface area contributed by atoms with Gasteiger partial charge in [0.25, 0.3) is 0 Å². The van der Waals surface area contributed by atoms with Crippen LogP contribution in [-0.4, -0.2) is 31.7 Å². The number of ether oxygens (including phenoxy) is 2. The molecule has 0 amide bonds. The fourth-order valence-corrected chi connectivity index (χ4v) is 2.10. The molecule has 0 unspecified atom stereocenters. The number of aromatic nitrogens is 1. The smallest absolute Gasteiger partial charge is 0.387 e. The Morgan fingerprint density at radius 3 is 2.54 bits per heavy atom. The van der Waals surface area contributed by atoms with Gasteiger partial charge in [-0.15, -0.1) is 24.0 Å². The molecule has 0 radical (unpaired) electrons. The lowest BCUT2D eigenvalue weighted by atomic mass is 10.2. The van der Waals surface area contributed by atoms with E-state index in [1.165, 1.54) is 6.07 Å². The average Bonchev–Trinajstić information content (AvgIpc) is 2.62. The Labute approximate surface area is 168 Å². The van der Waals surface area contributed by atoms with Gasteiger partial charge in [-0.1, -0.05) is 24.3 Å². The number of pyridine rings is 1. The van der Waals surface area contributed by atoms with Crippen molar-refractivity contribution in [3.8, 4) is 11.6 Å². The molecule has 2 rings (SSSR count). The van der Waals surface area contributed by atoms with Crippen LogP contribution in [0.2, 0.25) is 0 Å². The Morgan fingerprint density at radius 1 is 1.12 bits per heavy atom. The van der Waals surface area contributed by atoms with Gasteiger partial charge in [0.2, 0.25) is 5.88 Å². The van der Waals surface area contributed by atoms with Gasteiger partial charge in [-0.25, -0.2) is 4.98 Å². The Balaban J connectivity index is 0.00000338. The van der Waals surface area contributed by atoms with E-state index in [1.54, 1.807) is 38.4 Å². The quantitative estimate of drug-likeness (QED) is 0.364. The molecule has 2 aromatic rings. The Kier molecular flexibility index (Phi) is 9.63. The molecule has 0 aliphatic rings. The van der Waals surface area contributed by atoms with Gasteiger partial charge in [0.05, 0.1) is 19.3 Å². The first kappa shape index (κ1) is 21.9. The summed E-state index contributed by atoms with van der Waals surface area (Å²) >= 11 is 0. The van der Waals surface area contributed by atoms with E-state index in [4.69, 9.17) is 4.74 Å². The van der Waals surface area contributed by atoms with Crippen molar-refractivity contribution in [2.75, 3.05) is 14.2 Å². The molecule has 142 valence electrons. The molecule has 0 saturated carbocycles. The third-order valence-corrected chi connectivity index (χ3v) is 3.29. The number of alkyl halides is 2. The number of hydrogen-bond donors (Lipinski definition) is 2. The summed E-state index contributed by atoms with van der Waals surface area (Å²) in [6, 6.07) is 12.1. The number of guanidine groups is 1. The fourth-order valence-electron chi connectivity index (χ4n) is 2.10. The molecular formula is C17H21F2IN4O2. The van der Waals surface area contributed by atoms with E-state index in [1.807, 2.05) is 12.1 Å². The lowest BCUT2D eigenvalue weighted by Crippen LogP contribution is -2.36. The zero-order valence-corrected chi connectivity index (χ0v) is 16.7. The van der Waals surface area contributed by atoms with Crippen molar-refractivity contribution in [1.82, 2.24) is 15.6 Å². The van der Waals surface area contributed by atoms with Crippen LogP contribution in [0, 0.1) is 0 Å². The summed E-state index contributed by atoms with van der Waals surface area (Å²) in [4.78, 5) is 8.39. The predicted octanol–water partition coefficient (Wildman–Crippen LogP) is 3.17. The molecule has 0 aliphatic carbocycles. The zero-order valence-electron chi connectivity index (χ0n) is 14.4. The predicted molar refractivity (Wildman–Crippen MR) is 106 cm³/mol. The lowest BCUT2D eigenvalue weighted by molar-refractivity contribution is -0.0504. The number of nitrogens with one attached hydrogen (secondary N) is 2. The number of benzene rings is 1. The van der Waals surface area contributed by atoms with Crippen molar-refractivity contribution in [3.63, 3.8) is 0 Å². The normalized spacial score (nSPS) is 10.9. The van der Waals surface area contributed by atoms with Crippen LogP contribution >= 0.6 is 24.0 Å². The summed E-state index contributed by atoms with van der Waals surface area (Å²) in [5, 5.41) is 6.15. The minimum atomic E-state index is -2.86. The monoisotopic (exact) mass is 478 g/mol. The van der Waals surface area contributed by atoms with E-state index in [9.17, 15) is 8.78 Å². The highest BCUT2D eigenvalue weighted by molar-refractivity contribution is 14.0. The van der Waals surface area contributed by atoms with Gasteiger partial charge >= 0.3 is 6.61 Å². The van der Waals surface area contributed by atoms with Crippen molar-refractivity contribution in [1.29, 1.82) is 0 Å². The molecular weight excluding hydrogens is 457 g/mol. The number of aliphatic imine (C=N–C) groups is 1. The van der Waals surface area contributed by atoms with Gasteiger partial charge in [0.1, 0.15) is 5.75 Å². The minimum absolute atomic E-state index is 0. The summed E-state index contributed by atoms with van der Waals surface area (Å²) in [5.74, 6) is 1.17. The fraction of sp³-hybridized carbons (Fsp3) is 0.294. The summed E-state index contributed by atoms with van der Waals surface area (Å²) in [5.41, 5.74) is 1.38. The number of methoxy groups -OCH3 is 1. The van der Waals surface area contributed by atoms with Gasteiger partial charge in [-0.3, -0.25) is 4.99 Å². The van der Waals surface area contributed by atoms with Crippen LogP contribution in [0.3, 0.4) is 0 Å². The SMILES string of the molecule is CN=C(NCc1cccc(OC)n1)NCc1ccccc1OC(F)F.I. The maximum Gasteiger partial charge on any atom is 0.387 e. The Hall–Kier alpha value is -2.17. The van der Waals surface area contributed by atoms with E-state index in [-0.39, 0.29) is 36.3 Å². The van der Waals surface area contributed by atoms with Gasteiger partial charge in [0.15, 0.2) is 5.96 Å². The number of nitrogens with zero attached hydrogens (tertiary/aromatic N) is 2. The standard InChI is InChI=1S/C17H20F2N4O2.HI/c1-20-17(22-11-13-7-5-9-15(23-13)24-2)21-10-12-6-3-4-8-14(12)25-16(18)19;/h3-9,16H,10-11H2,1-2H3,(H2,20,21,22);1H. The molecule has 1 heterocycles. The highest BCUT2D eigenvalue weighted by Crippen LogP contribution is 2.19. The van der Waals surface area contributed by atoms with Crippen LogP contribution in [0.1, 0.15) is 11.3 Å². The molecule has 0 spiro atoms. The first-order chi connectivity index (χ1) is 12.1. The average molecular weight is 478 g/mol. The maximum atomic E-state index is 12.4. The molecule has 0 bridgehead atoms. The first-order valence-electron chi connectivity index (χ1n) is 7.59. The molecule has 1 aromatic heterocycles. The van der Waals surface area contributed by atoms with Crippen LogP contribution in [-0.2, 0) is 13.1 Å². The minimum Gasteiger partial charge on any atom is -0.481 e. The van der Waals surface area contributed by atoms with Crippen LogP contribution in [0.15, 0.2) is 47.5 Å². The number of halogens is 3. The van der Waals surface area contributed by atoms with Crippen LogP contribution in [0.25, 0.3) is 0 Å². The molecule has 1 aromatic carbocycles. The van der Waals surface area contributed by atoms with E-state index >= 15 is 0 Å². The third-order valence-electron chi connectivity index (χ3n) is 3.29. The van der Waals surface area contributed by atoms with Gasteiger partial charge < -0.3 is 20.1 Å². The zero-order chi connectivity index (χ0) is 18.1. The first-order valence-corrected chi connectivity index (χ1v) is 7.59. The highest BCUT2D eigenvalue weighted by Gasteiger charge is 2.09. The second kappa shape index (κ2) is 11.4. The van der Waals surface area contributed by atoms with Crippen LogP contribution < -0.4 is 20.1 Å². The van der Waals surface area contributed by atoms with Crippen molar-refractivity contribution in [3.05, 3.63) is 53.7 Å². The molecule has 6 nitrogen and oxygen atoms in total. The van der Waals surface area contributed by atoms with E-state index in [2.05, 4.69) is 25.3 Å². The van der Waals surface area contributed by atoms with E-state index in [0.29, 0.717) is 23.9 Å². The van der Waals surface area contributed by atoms with E-state index in [0.717, 1.165) is 5.69 Å². The molecule has 9 heteroatoms. The topological polar surface area (TPSA) is 67.8 Å². The summed E-state index contributed by atoms with van der Waals surface area (Å²) in [6.07, 6.45) is 0. The summed E-state index contributed by atoms with van der Waals surface area (Å²) in [7, 11) is 3.18.